The van der Waals surface area contributed by atoms with E-state index in [1.165, 1.54) is 44.5 Å². The summed E-state index contributed by atoms with van der Waals surface area (Å²) in [5.74, 6) is 0. The molecular formula is C67H48N2. The first-order chi connectivity index (χ1) is 34.3. The summed E-state index contributed by atoms with van der Waals surface area (Å²) in [6.07, 6.45) is 0. The number of rotatable bonds is 11. The standard InChI is InChI=1S/C67H48N2/c1-8-24-49(25-9-1)52-40-45-65(62(46-52)51-28-12-3-13-29-51)69(57-36-20-7-21-37-57)58-42-44-61-60-38-22-23-39-63(60)67(64(61)48-58,53-30-14-4-15-31-53)54-41-43-59(50-26-10-2-11-27-50)66(47-54)68(55-32-16-5-17-33-55)56-34-18-6-19-35-56/h1-48H. The molecule has 0 saturated carbocycles. The van der Waals surface area contributed by atoms with Gasteiger partial charge in [-0.1, -0.05) is 224 Å². The normalized spacial score (nSPS) is 13.6. The van der Waals surface area contributed by atoms with Gasteiger partial charge in [-0.2, -0.15) is 0 Å². The van der Waals surface area contributed by atoms with Crippen molar-refractivity contribution in [2.24, 2.45) is 0 Å². The minimum absolute atomic E-state index is 0.700. The van der Waals surface area contributed by atoms with Crippen LogP contribution in [0.5, 0.6) is 0 Å². The van der Waals surface area contributed by atoms with Crippen LogP contribution in [-0.2, 0) is 5.41 Å². The predicted molar refractivity (Wildman–Crippen MR) is 289 cm³/mol. The predicted octanol–water partition coefficient (Wildman–Crippen LogP) is 18.0. The Bertz CT molecular complexity index is 3480. The number of nitrogens with zero attached hydrogens (tertiary/aromatic N) is 2. The molecule has 2 heteroatoms. The molecule has 1 aliphatic rings. The molecule has 2 nitrogen and oxygen atoms in total. The summed E-state index contributed by atoms with van der Waals surface area (Å²) < 4.78 is 0. The van der Waals surface area contributed by atoms with Crippen molar-refractivity contribution in [2.45, 2.75) is 5.41 Å². The number of hydrogen-bond donors (Lipinski definition) is 0. The van der Waals surface area contributed by atoms with Gasteiger partial charge in [-0.05, 0) is 122 Å². The van der Waals surface area contributed by atoms with Gasteiger partial charge in [-0.3, -0.25) is 0 Å². The van der Waals surface area contributed by atoms with E-state index in [1.807, 2.05) is 0 Å². The quantitative estimate of drug-likeness (QED) is 0.128. The fourth-order valence-electron chi connectivity index (χ4n) is 10.7. The monoisotopic (exact) mass is 880 g/mol. The first kappa shape index (κ1) is 41.5. The first-order valence-electron chi connectivity index (χ1n) is 23.8. The molecule has 0 saturated heterocycles. The molecule has 1 aliphatic carbocycles. The summed E-state index contributed by atoms with van der Waals surface area (Å²) in [6, 6.07) is 106. The highest BCUT2D eigenvalue weighted by molar-refractivity contribution is 5.95. The van der Waals surface area contributed by atoms with Gasteiger partial charge in [-0.15, -0.1) is 0 Å². The van der Waals surface area contributed by atoms with Crippen LogP contribution in [0.2, 0.25) is 0 Å². The lowest BCUT2D eigenvalue weighted by atomic mass is 9.67. The lowest BCUT2D eigenvalue weighted by molar-refractivity contribution is 0.768. The Kier molecular flexibility index (Phi) is 10.8. The summed E-state index contributed by atoms with van der Waals surface area (Å²) in [5.41, 5.74) is 20.2. The first-order valence-corrected chi connectivity index (χ1v) is 23.8. The smallest absolute Gasteiger partial charge is 0.0715 e. The van der Waals surface area contributed by atoms with Crippen LogP contribution < -0.4 is 9.80 Å². The van der Waals surface area contributed by atoms with Crippen LogP contribution in [0.1, 0.15) is 22.3 Å². The highest BCUT2D eigenvalue weighted by atomic mass is 15.2. The SMILES string of the molecule is c1ccc(-c2ccc(N(c3ccccc3)c3ccc4c(c3)C(c3ccccc3)(c3ccc(-c5ccccc5)c(N(c5ccccc5)c5ccccc5)c3)c3ccccc3-4)c(-c3ccccc3)c2)cc1. The summed E-state index contributed by atoms with van der Waals surface area (Å²) in [6.45, 7) is 0. The van der Waals surface area contributed by atoms with E-state index >= 15 is 0 Å². The van der Waals surface area contributed by atoms with Crippen LogP contribution in [0, 0.1) is 0 Å². The zero-order valence-corrected chi connectivity index (χ0v) is 38.1. The van der Waals surface area contributed by atoms with Gasteiger partial charge in [0.1, 0.15) is 0 Å². The zero-order chi connectivity index (χ0) is 46.0. The van der Waals surface area contributed by atoms with E-state index in [2.05, 4.69) is 301 Å². The minimum Gasteiger partial charge on any atom is -0.310 e. The molecule has 0 radical (unpaired) electrons. The lowest BCUT2D eigenvalue weighted by Crippen LogP contribution is -2.29. The van der Waals surface area contributed by atoms with Crippen LogP contribution in [0.3, 0.4) is 0 Å². The molecule has 0 bridgehead atoms. The fraction of sp³-hybridized carbons (Fsp3) is 0.0149. The second kappa shape index (κ2) is 18.0. The molecule has 69 heavy (non-hydrogen) atoms. The Morgan fingerprint density at radius 3 is 1.25 bits per heavy atom. The highest BCUT2D eigenvalue weighted by Crippen LogP contribution is 2.59. The van der Waals surface area contributed by atoms with Crippen LogP contribution in [0.15, 0.2) is 291 Å². The van der Waals surface area contributed by atoms with Crippen LogP contribution in [0.4, 0.5) is 34.1 Å². The molecular weight excluding hydrogens is 833 g/mol. The molecule has 0 aliphatic heterocycles. The molecule has 326 valence electrons. The van der Waals surface area contributed by atoms with Gasteiger partial charge >= 0.3 is 0 Å². The van der Waals surface area contributed by atoms with E-state index in [1.54, 1.807) is 0 Å². The highest BCUT2D eigenvalue weighted by Gasteiger charge is 2.47. The molecule has 0 heterocycles. The molecule has 11 aromatic rings. The molecule has 12 rings (SSSR count). The van der Waals surface area contributed by atoms with Gasteiger partial charge in [-0.25, -0.2) is 0 Å². The van der Waals surface area contributed by atoms with E-state index in [4.69, 9.17) is 0 Å². The number of hydrogen-bond acceptors (Lipinski definition) is 2. The topological polar surface area (TPSA) is 6.48 Å². The average molecular weight is 881 g/mol. The third kappa shape index (κ3) is 7.40. The Balaban J connectivity index is 1.14. The van der Waals surface area contributed by atoms with E-state index in [0.29, 0.717) is 0 Å². The lowest BCUT2D eigenvalue weighted by Gasteiger charge is -2.36. The molecule has 0 fully saturated rings. The summed E-state index contributed by atoms with van der Waals surface area (Å²) >= 11 is 0. The van der Waals surface area contributed by atoms with Crippen molar-refractivity contribution >= 4 is 34.1 Å². The van der Waals surface area contributed by atoms with E-state index < -0.39 is 5.41 Å². The third-order valence-electron chi connectivity index (χ3n) is 13.7. The van der Waals surface area contributed by atoms with Gasteiger partial charge in [0.25, 0.3) is 0 Å². The maximum absolute atomic E-state index is 2.48. The molecule has 0 spiro atoms. The van der Waals surface area contributed by atoms with E-state index in [9.17, 15) is 0 Å². The summed E-state index contributed by atoms with van der Waals surface area (Å²) in [7, 11) is 0. The average Bonchev–Trinajstić information content (AvgIpc) is 3.73. The van der Waals surface area contributed by atoms with Crippen molar-refractivity contribution in [3.8, 4) is 44.5 Å². The van der Waals surface area contributed by atoms with Gasteiger partial charge in [0, 0.05) is 33.9 Å². The van der Waals surface area contributed by atoms with Gasteiger partial charge in [0.15, 0.2) is 0 Å². The molecule has 0 N–H and O–H groups in total. The number of benzene rings is 11. The second-order valence-electron chi connectivity index (χ2n) is 17.6. The Morgan fingerprint density at radius 2 is 0.667 bits per heavy atom. The van der Waals surface area contributed by atoms with Crippen molar-refractivity contribution in [3.05, 3.63) is 313 Å². The van der Waals surface area contributed by atoms with Crippen molar-refractivity contribution in [1.29, 1.82) is 0 Å². The van der Waals surface area contributed by atoms with E-state index in [-0.39, 0.29) is 0 Å². The molecule has 1 atom stereocenters. The molecule has 1 unspecified atom stereocenters. The van der Waals surface area contributed by atoms with Crippen LogP contribution >= 0.6 is 0 Å². The van der Waals surface area contributed by atoms with Gasteiger partial charge in [0.2, 0.25) is 0 Å². The fourth-order valence-corrected chi connectivity index (χ4v) is 10.7. The third-order valence-corrected chi connectivity index (χ3v) is 13.7. The van der Waals surface area contributed by atoms with E-state index in [0.717, 1.165) is 56.4 Å². The molecule has 0 amide bonds. The van der Waals surface area contributed by atoms with Gasteiger partial charge in [0.05, 0.1) is 16.8 Å². The molecule has 11 aromatic carbocycles. The Hall–Kier alpha value is -8.98. The van der Waals surface area contributed by atoms with Gasteiger partial charge < -0.3 is 9.80 Å². The minimum atomic E-state index is -0.700. The Morgan fingerprint density at radius 1 is 0.217 bits per heavy atom. The largest absolute Gasteiger partial charge is 0.310 e. The summed E-state index contributed by atoms with van der Waals surface area (Å²) in [4.78, 5) is 4.87. The van der Waals surface area contributed by atoms with Crippen molar-refractivity contribution in [2.75, 3.05) is 9.80 Å². The maximum Gasteiger partial charge on any atom is 0.0715 e. The molecule has 0 aromatic heterocycles. The summed E-state index contributed by atoms with van der Waals surface area (Å²) in [5, 5.41) is 0. The van der Waals surface area contributed by atoms with Crippen LogP contribution in [-0.4, -0.2) is 0 Å². The number of fused-ring (bicyclic) bond motifs is 3. The second-order valence-corrected chi connectivity index (χ2v) is 17.6. The zero-order valence-electron chi connectivity index (χ0n) is 38.1. The van der Waals surface area contributed by atoms with Crippen molar-refractivity contribution < 1.29 is 0 Å². The number of para-hydroxylation sites is 3. The van der Waals surface area contributed by atoms with Crippen molar-refractivity contribution in [3.63, 3.8) is 0 Å². The van der Waals surface area contributed by atoms with Crippen molar-refractivity contribution in [1.82, 2.24) is 0 Å². The maximum atomic E-state index is 2.48. The number of anilines is 6. The Labute approximate surface area is 405 Å². The van der Waals surface area contributed by atoms with Crippen LogP contribution in [0.25, 0.3) is 44.5 Å².